The van der Waals surface area contributed by atoms with Gasteiger partial charge in [0.2, 0.25) is 0 Å². The van der Waals surface area contributed by atoms with Crippen molar-refractivity contribution in [3.63, 3.8) is 0 Å². The Kier molecular flexibility index (Phi) is 4.30. The summed E-state index contributed by atoms with van der Waals surface area (Å²) in [5.74, 6) is 0.549. The summed E-state index contributed by atoms with van der Waals surface area (Å²) in [6.07, 6.45) is 1.57. The van der Waals surface area contributed by atoms with Gasteiger partial charge < -0.3 is 14.7 Å². The van der Waals surface area contributed by atoms with Gasteiger partial charge in [0, 0.05) is 19.0 Å². The molecule has 4 heteroatoms. The highest BCUT2D eigenvalue weighted by Crippen LogP contribution is 2.37. The van der Waals surface area contributed by atoms with Crippen LogP contribution in [0.2, 0.25) is 0 Å². The summed E-state index contributed by atoms with van der Waals surface area (Å²) < 4.78 is 5.91. The van der Waals surface area contributed by atoms with Crippen molar-refractivity contribution in [3.05, 3.63) is 65.7 Å². The van der Waals surface area contributed by atoms with Crippen molar-refractivity contribution < 1.29 is 14.6 Å². The molecule has 0 aliphatic carbocycles. The Morgan fingerprint density at radius 2 is 2.08 bits per heavy atom. The first-order valence-corrected chi connectivity index (χ1v) is 7.98. The molecule has 0 bridgehead atoms. The molecule has 1 N–H and O–H groups in total. The number of phenols is 1. The molecule has 2 aromatic rings. The van der Waals surface area contributed by atoms with E-state index in [0.717, 1.165) is 5.56 Å². The SMILES string of the molecule is C=CCN1C(=O)C(Cc2cccc(C)c2C)Oc2cc(O)ccc21. The van der Waals surface area contributed by atoms with Gasteiger partial charge in [0.1, 0.15) is 11.5 Å². The minimum atomic E-state index is -0.611. The summed E-state index contributed by atoms with van der Waals surface area (Å²) in [6, 6.07) is 10.9. The lowest BCUT2D eigenvalue weighted by Crippen LogP contribution is -2.47. The zero-order valence-electron chi connectivity index (χ0n) is 14.0. The summed E-state index contributed by atoms with van der Waals surface area (Å²) >= 11 is 0. The summed E-state index contributed by atoms with van der Waals surface area (Å²) in [6.45, 7) is 8.25. The highest BCUT2D eigenvalue weighted by Gasteiger charge is 2.34. The minimum Gasteiger partial charge on any atom is -0.508 e. The smallest absolute Gasteiger partial charge is 0.268 e. The number of rotatable bonds is 4. The third kappa shape index (κ3) is 2.87. The predicted molar refractivity (Wildman–Crippen MR) is 94.7 cm³/mol. The topological polar surface area (TPSA) is 49.8 Å². The average Bonchev–Trinajstić information content (AvgIpc) is 2.55. The third-order valence-corrected chi connectivity index (χ3v) is 4.48. The number of amides is 1. The van der Waals surface area contributed by atoms with Gasteiger partial charge in [-0.05, 0) is 42.7 Å². The molecule has 1 heterocycles. The van der Waals surface area contributed by atoms with Crippen LogP contribution in [0.25, 0.3) is 0 Å². The summed E-state index contributed by atoms with van der Waals surface area (Å²) in [5, 5.41) is 9.72. The number of carbonyl (C=O) groups excluding carboxylic acids is 1. The number of nitrogens with zero attached hydrogens (tertiary/aromatic N) is 1. The first-order chi connectivity index (χ1) is 11.5. The zero-order valence-corrected chi connectivity index (χ0v) is 14.0. The molecule has 0 saturated carbocycles. The molecule has 0 fully saturated rings. The van der Waals surface area contributed by atoms with Crippen LogP contribution in [0.5, 0.6) is 11.5 Å². The lowest BCUT2D eigenvalue weighted by atomic mass is 9.97. The number of phenolic OH excluding ortho intramolecular Hbond substituents is 1. The molecule has 2 aromatic carbocycles. The van der Waals surface area contributed by atoms with E-state index in [9.17, 15) is 9.90 Å². The molecule has 0 radical (unpaired) electrons. The summed E-state index contributed by atoms with van der Waals surface area (Å²) in [5.41, 5.74) is 4.12. The molecule has 0 spiro atoms. The monoisotopic (exact) mass is 323 g/mol. The second-order valence-electron chi connectivity index (χ2n) is 6.06. The Morgan fingerprint density at radius 3 is 2.83 bits per heavy atom. The number of aryl methyl sites for hydroxylation is 1. The van der Waals surface area contributed by atoms with E-state index in [2.05, 4.69) is 26.5 Å². The van der Waals surface area contributed by atoms with E-state index in [4.69, 9.17) is 4.74 Å². The fourth-order valence-electron chi connectivity index (χ4n) is 3.00. The van der Waals surface area contributed by atoms with E-state index in [-0.39, 0.29) is 11.7 Å². The first kappa shape index (κ1) is 16.1. The number of aromatic hydroxyl groups is 1. The van der Waals surface area contributed by atoms with Crippen LogP contribution in [-0.4, -0.2) is 23.7 Å². The Balaban J connectivity index is 1.96. The van der Waals surface area contributed by atoms with Crippen molar-refractivity contribution in [1.29, 1.82) is 0 Å². The second-order valence-corrected chi connectivity index (χ2v) is 6.06. The molecular weight excluding hydrogens is 302 g/mol. The van der Waals surface area contributed by atoms with E-state index < -0.39 is 6.10 Å². The van der Waals surface area contributed by atoms with Crippen molar-refractivity contribution >= 4 is 11.6 Å². The van der Waals surface area contributed by atoms with Gasteiger partial charge in [-0.1, -0.05) is 24.3 Å². The normalized spacial score (nSPS) is 16.5. The predicted octanol–water partition coefficient (Wildman–Crippen LogP) is 3.53. The maximum atomic E-state index is 12.9. The Hall–Kier alpha value is -2.75. The third-order valence-electron chi connectivity index (χ3n) is 4.48. The van der Waals surface area contributed by atoms with E-state index in [1.54, 1.807) is 29.2 Å². The fourth-order valence-corrected chi connectivity index (χ4v) is 3.00. The Labute approximate surface area is 142 Å². The van der Waals surface area contributed by atoms with Crippen molar-refractivity contribution in [1.82, 2.24) is 0 Å². The van der Waals surface area contributed by atoms with Crippen LogP contribution < -0.4 is 9.64 Å². The van der Waals surface area contributed by atoms with Crippen LogP contribution in [0.15, 0.2) is 49.1 Å². The summed E-state index contributed by atoms with van der Waals surface area (Å²) in [4.78, 5) is 14.5. The number of fused-ring (bicyclic) bond motifs is 1. The molecule has 24 heavy (non-hydrogen) atoms. The molecule has 3 rings (SSSR count). The number of hydrogen-bond acceptors (Lipinski definition) is 3. The molecule has 1 atom stereocenters. The average molecular weight is 323 g/mol. The fraction of sp³-hybridized carbons (Fsp3) is 0.250. The maximum Gasteiger partial charge on any atom is 0.268 e. The van der Waals surface area contributed by atoms with Gasteiger partial charge in [-0.15, -0.1) is 6.58 Å². The Bertz CT molecular complexity index is 797. The van der Waals surface area contributed by atoms with Crippen molar-refractivity contribution in [2.24, 2.45) is 0 Å². The largest absolute Gasteiger partial charge is 0.508 e. The van der Waals surface area contributed by atoms with E-state index in [0.29, 0.717) is 24.4 Å². The lowest BCUT2D eigenvalue weighted by molar-refractivity contribution is -0.126. The molecular formula is C20H21NO3. The van der Waals surface area contributed by atoms with Crippen LogP contribution >= 0.6 is 0 Å². The van der Waals surface area contributed by atoms with Gasteiger partial charge in [-0.2, -0.15) is 0 Å². The molecule has 0 aromatic heterocycles. The van der Waals surface area contributed by atoms with Gasteiger partial charge in [-0.25, -0.2) is 0 Å². The van der Waals surface area contributed by atoms with E-state index in [1.165, 1.54) is 11.1 Å². The van der Waals surface area contributed by atoms with Crippen LogP contribution in [0.3, 0.4) is 0 Å². The molecule has 1 amide bonds. The van der Waals surface area contributed by atoms with Gasteiger partial charge >= 0.3 is 0 Å². The molecule has 124 valence electrons. The molecule has 1 unspecified atom stereocenters. The minimum absolute atomic E-state index is 0.0889. The number of hydrogen-bond donors (Lipinski definition) is 1. The van der Waals surface area contributed by atoms with E-state index in [1.807, 2.05) is 12.1 Å². The van der Waals surface area contributed by atoms with Gasteiger partial charge in [0.05, 0.1) is 5.69 Å². The van der Waals surface area contributed by atoms with Crippen LogP contribution in [0.1, 0.15) is 16.7 Å². The number of benzene rings is 2. The second kappa shape index (κ2) is 6.40. The van der Waals surface area contributed by atoms with Crippen LogP contribution in [-0.2, 0) is 11.2 Å². The zero-order chi connectivity index (χ0) is 17.3. The summed E-state index contributed by atoms with van der Waals surface area (Å²) in [7, 11) is 0. The quantitative estimate of drug-likeness (QED) is 0.876. The van der Waals surface area contributed by atoms with Crippen molar-refractivity contribution in [3.8, 4) is 11.5 Å². The number of carbonyl (C=O) groups is 1. The highest BCUT2D eigenvalue weighted by molar-refractivity contribution is 6.00. The van der Waals surface area contributed by atoms with Crippen LogP contribution in [0.4, 0.5) is 5.69 Å². The van der Waals surface area contributed by atoms with Crippen molar-refractivity contribution in [2.75, 3.05) is 11.4 Å². The van der Waals surface area contributed by atoms with Gasteiger partial charge in [-0.3, -0.25) is 4.79 Å². The molecule has 0 saturated heterocycles. The standard InChI is InChI=1S/C20H21NO3/c1-4-10-21-17-9-8-16(22)12-18(17)24-19(20(21)23)11-15-7-5-6-13(2)14(15)3/h4-9,12,19,22H,1,10-11H2,2-3H3. The van der Waals surface area contributed by atoms with Crippen molar-refractivity contribution in [2.45, 2.75) is 26.4 Å². The molecule has 1 aliphatic rings. The van der Waals surface area contributed by atoms with Gasteiger partial charge in [0.25, 0.3) is 5.91 Å². The maximum absolute atomic E-state index is 12.9. The number of ether oxygens (including phenoxy) is 1. The number of anilines is 1. The first-order valence-electron chi connectivity index (χ1n) is 7.98. The molecule has 1 aliphatic heterocycles. The van der Waals surface area contributed by atoms with Gasteiger partial charge in [0.15, 0.2) is 6.10 Å². The Morgan fingerprint density at radius 1 is 1.29 bits per heavy atom. The van der Waals surface area contributed by atoms with E-state index >= 15 is 0 Å². The lowest BCUT2D eigenvalue weighted by Gasteiger charge is -2.34. The highest BCUT2D eigenvalue weighted by atomic mass is 16.5. The van der Waals surface area contributed by atoms with Crippen LogP contribution in [0, 0.1) is 13.8 Å². The molecule has 4 nitrogen and oxygen atoms in total.